The van der Waals surface area contributed by atoms with Gasteiger partial charge < -0.3 is 68.4 Å². The summed E-state index contributed by atoms with van der Waals surface area (Å²) in [4.78, 5) is 114. The molecule has 1 spiro atoms. The molecule has 32 nitrogen and oxygen atoms in total. The number of aliphatic imine (C=N–C) groups is 1. The first-order valence-electron chi connectivity index (χ1n) is 39.6. The van der Waals surface area contributed by atoms with Crippen LogP contribution in [0, 0.1) is 36.5 Å². The van der Waals surface area contributed by atoms with Crippen LogP contribution in [0.2, 0.25) is 0 Å². The zero-order chi connectivity index (χ0) is 82.6. The summed E-state index contributed by atoms with van der Waals surface area (Å²) in [6.45, 7) is 24.6. The summed E-state index contributed by atoms with van der Waals surface area (Å²) in [5.74, 6) is 0.351. The lowest BCUT2D eigenvalue weighted by molar-refractivity contribution is -0.143. The van der Waals surface area contributed by atoms with Gasteiger partial charge in [0.25, 0.3) is 16.1 Å². The predicted octanol–water partition coefficient (Wildman–Crippen LogP) is 8.47. The highest BCUT2D eigenvalue weighted by molar-refractivity contribution is 7.87. The van der Waals surface area contributed by atoms with Crippen LogP contribution in [0.15, 0.2) is 65.7 Å². The summed E-state index contributed by atoms with van der Waals surface area (Å²) < 4.78 is 105. The number of carbonyl (C=O) groups excluding carboxylic acids is 7. The largest absolute Gasteiger partial charge is 0.496 e. The van der Waals surface area contributed by atoms with E-state index in [1.54, 1.807) is 55.6 Å². The van der Waals surface area contributed by atoms with E-state index in [0.717, 1.165) is 78.6 Å². The van der Waals surface area contributed by atoms with Gasteiger partial charge in [-0.25, -0.2) is 39.2 Å². The van der Waals surface area contributed by atoms with Gasteiger partial charge in [-0.15, -0.1) is 0 Å². The molecule has 624 valence electrons. The number of amides is 6. The highest BCUT2D eigenvalue weighted by atomic mass is 32.2. The molecule has 2 aromatic heterocycles. The number of hydrogen-bond acceptors (Lipinski definition) is 23. The Kier molecular flexibility index (Phi) is 26.4. The zero-order valence-electron chi connectivity index (χ0n) is 67.8. The van der Waals surface area contributed by atoms with Crippen molar-refractivity contribution < 1.29 is 93.0 Å². The van der Waals surface area contributed by atoms with Crippen molar-refractivity contribution in [2.24, 2.45) is 32.8 Å². The lowest BCUT2D eigenvalue weighted by Gasteiger charge is -2.35. The molecule has 114 heavy (non-hydrogen) atoms. The number of nitrogens with zero attached hydrogens (tertiary/aromatic N) is 7. The average Bonchev–Trinajstić information content (AvgIpc) is 1.56. The fourth-order valence-corrected chi connectivity index (χ4v) is 17.8. The van der Waals surface area contributed by atoms with Gasteiger partial charge in [-0.05, 0) is 139 Å². The molecule has 13 rings (SSSR count). The fraction of sp³-hybridized carbons (Fsp3) is 0.625. The molecule has 7 heterocycles. The first-order chi connectivity index (χ1) is 54.0. The molecule has 4 aromatic rings. The van der Waals surface area contributed by atoms with Crippen molar-refractivity contribution in [3.8, 4) is 34.8 Å². The molecule has 6 amide bonds. The van der Waals surface area contributed by atoms with Gasteiger partial charge in [0.1, 0.15) is 77.1 Å². The van der Waals surface area contributed by atoms with Gasteiger partial charge in [-0.2, -0.15) is 25.4 Å². The van der Waals surface area contributed by atoms with E-state index < -0.39 is 109 Å². The minimum Gasteiger partial charge on any atom is -0.496 e. The third-order valence-corrected chi connectivity index (χ3v) is 25.1. The Morgan fingerprint density at radius 3 is 1.49 bits per heavy atom. The second-order valence-corrected chi connectivity index (χ2v) is 36.0. The van der Waals surface area contributed by atoms with E-state index in [2.05, 4.69) is 25.7 Å². The van der Waals surface area contributed by atoms with Crippen molar-refractivity contribution in [2.45, 2.75) is 233 Å². The number of likely N-dealkylation sites (tertiary alicyclic amines) is 2. The number of rotatable bonds is 25. The summed E-state index contributed by atoms with van der Waals surface area (Å²) >= 11 is 0. The summed E-state index contributed by atoms with van der Waals surface area (Å²) in [5, 5.41) is 14.8. The van der Waals surface area contributed by atoms with Gasteiger partial charge in [-0.1, -0.05) is 92.5 Å². The molecule has 0 radical (unpaired) electrons. The molecule has 4 aliphatic carbocycles. The molecule has 34 heteroatoms. The fourth-order valence-electron chi connectivity index (χ4n) is 16.1. The van der Waals surface area contributed by atoms with Crippen LogP contribution in [-0.2, 0) is 58.6 Å². The van der Waals surface area contributed by atoms with Crippen LogP contribution in [0.1, 0.15) is 170 Å². The summed E-state index contributed by atoms with van der Waals surface area (Å²) in [6.07, 6.45) is 13.6. The number of methoxy groups -OCH3 is 2. The van der Waals surface area contributed by atoms with Crippen molar-refractivity contribution in [3.05, 3.63) is 71.8 Å². The second-order valence-electron chi connectivity index (χ2n) is 32.7. The predicted molar refractivity (Wildman–Crippen MR) is 423 cm³/mol. The number of hydrogen-bond donors (Lipinski definition) is 5. The number of ether oxygens (including phenoxy) is 9. The maximum atomic E-state index is 14.7. The minimum absolute atomic E-state index is 0.0239. The molecule has 1 unspecified atom stereocenters. The molecule has 5 aliphatic heterocycles. The zero-order valence-corrected chi connectivity index (χ0v) is 69.4. The number of cyclic esters (lactones) is 1. The molecule has 6 N–H and O–H groups in total. The van der Waals surface area contributed by atoms with Crippen LogP contribution in [-0.4, -0.2) is 219 Å². The van der Waals surface area contributed by atoms with Crippen LogP contribution < -0.4 is 54.2 Å². The smallest absolute Gasteiger partial charge is 0.408 e. The van der Waals surface area contributed by atoms with Gasteiger partial charge in [0.05, 0.1) is 51.6 Å². The number of aromatic nitrogens is 2. The first kappa shape index (κ1) is 85.8. The molecule has 0 bridgehead atoms. The summed E-state index contributed by atoms with van der Waals surface area (Å²) in [7, 11) is -4.42. The SMILES string of the molecule is CCOc1cc(O[C@@H]2C[C@@H](C(=O)N[C@]3(C(=O)NS(=O)(=O)N4CC=CC4)C[C@H]3CC)N(C(=O)[C@@H](NC(=O)OC3CCCC3)C(C)(C)C)C2)c2ccc(OC)c(C)c2n1.CCOc1cc(O[C@@H]2C[C@@H](C3=N[C@@]4(CC4CC)C(=O)O3)N(C(=O)[C@@H](NC(=O)OC3CCCC3)C(C)(C)C)C2)c2ccc(OC)c(C)c2n1.NS(=O)(=O)N1CC=CC1. The molecule has 10 atom stereocenters. The molecular formula is C80H112N12O20S2. The number of carbonyl (C=O) groups is 7. The van der Waals surface area contributed by atoms with Gasteiger partial charge in [0.15, 0.2) is 5.54 Å². The maximum Gasteiger partial charge on any atom is 0.408 e. The van der Waals surface area contributed by atoms with Crippen molar-refractivity contribution in [1.29, 1.82) is 0 Å². The standard InChI is InChI=1S/C40H56N6O10S.C36H48N4O8.C4H8N2O2S/c1-8-25-22-40(25,37(49)44-57(51,52)45-18-12-13-19-45)43-35(47)29-20-27(55-31-21-32(54-9-2)41-33-24(3)30(53-7)17-16-28(31)33)23-46(29)36(48)34(39(4,5)6)42-38(50)56-26-14-10-11-15-26;1-8-21-18-36(21)33(42)48-31(39-36)25-16-23(46-27-17-28(45-9-2)37-29-20(3)26(44-7)15-14-24(27)29)19-40(25)32(41)30(35(4,5)6)38-34(43)47-22-12-10-11-13-22;5-9(7,8)6-3-1-2-4-6/h12-13,16-17,21,25-27,29,34H,8-11,14-15,18-20,22-23H2,1-7H3,(H,42,50)(H,43,47)(H,44,49);14-15,17,21-23,25,30H,8-13,16,18-19H2,1-7H3,(H,38,43);1-2H,3-4H2,(H2,5,7,8)/t25-,27-,29+,34-,40-;21?,23-,25+,30-,36-;/m11./s1. The van der Waals surface area contributed by atoms with E-state index >= 15 is 0 Å². The first-order valence-corrected chi connectivity index (χ1v) is 42.6. The van der Waals surface area contributed by atoms with Crippen LogP contribution in [0.3, 0.4) is 0 Å². The third kappa shape index (κ3) is 19.2. The van der Waals surface area contributed by atoms with Crippen molar-refractivity contribution in [2.75, 3.05) is 66.7 Å². The third-order valence-electron chi connectivity index (χ3n) is 22.7. The quantitative estimate of drug-likeness (QED) is 0.0236. The lowest BCUT2D eigenvalue weighted by atomic mass is 9.85. The number of aryl methyl sites for hydroxylation is 2. The highest BCUT2D eigenvalue weighted by Crippen LogP contribution is 2.54. The normalized spacial score (nSPS) is 24.7. The van der Waals surface area contributed by atoms with Crippen molar-refractivity contribution in [3.63, 3.8) is 0 Å². The van der Waals surface area contributed by atoms with E-state index in [0.29, 0.717) is 96.7 Å². The Hall–Kier alpha value is -9.12. The van der Waals surface area contributed by atoms with Gasteiger partial charge >= 0.3 is 28.4 Å². The molecule has 6 fully saturated rings. The monoisotopic (exact) mass is 1620 g/mol. The van der Waals surface area contributed by atoms with E-state index in [1.807, 2.05) is 107 Å². The number of nitrogens with two attached hydrogens (primary N) is 1. The summed E-state index contributed by atoms with van der Waals surface area (Å²) in [5.41, 5.74) is -0.930. The number of fused-ring (bicyclic) bond motifs is 2. The van der Waals surface area contributed by atoms with E-state index in [4.69, 9.17) is 57.7 Å². The van der Waals surface area contributed by atoms with Gasteiger partial charge in [-0.3, -0.25) is 19.2 Å². The Morgan fingerprint density at radius 1 is 0.614 bits per heavy atom. The second kappa shape index (κ2) is 35.1. The minimum atomic E-state index is -4.18. The molecule has 9 aliphatic rings. The number of benzene rings is 2. The summed E-state index contributed by atoms with van der Waals surface area (Å²) in [6, 6.07) is 7.00. The average molecular weight is 1630 g/mol. The maximum absolute atomic E-state index is 14.7. The van der Waals surface area contributed by atoms with Gasteiger partial charge in [0.2, 0.25) is 35.4 Å². The molecule has 2 aromatic carbocycles. The molecule has 2 saturated heterocycles. The number of alkyl carbamates (subject to hydrolysis) is 2. The van der Waals surface area contributed by atoms with Crippen molar-refractivity contribution in [1.82, 2.24) is 49.1 Å². The van der Waals surface area contributed by atoms with Crippen molar-refractivity contribution >= 4 is 89.9 Å². The van der Waals surface area contributed by atoms with E-state index in [9.17, 15) is 50.4 Å². The topological polar surface area (TPSA) is 396 Å². The Bertz CT molecular complexity index is 4600. The molecular weight excluding hydrogens is 1510 g/mol. The van der Waals surface area contributed by atoms with Crippen LogP contribution in [0.25, 0.3) is 21.8 Å². The highest BCUT2D eigenvalue weighted by Gasteiger charge is 2.66. The Morgan fingerprint density at radius 2 is 1.07 bits per heavy atom. The van der Waals surface area contributed by atoms with E-state index in [-0.39, 0.29) is 80.8 Å². The van der Waals surface area contributed by atoms with Crippen LogP contribution >= 0.6 is 0 Å². The lowest BCUT2D eigenvalue weighted by Crippen LogP contribution is -2.60. The Balaban J connectivity index is 0.000000204. The molecule has 4 saturated carbocycles. The number of pyridine rings is 2. The number of esters is 1. The van der Waals surface area contributed by atoms with E-state index in [1.165, 1.54) is 9.21 Å². The number of nitrogens with one attached hydrogen (secondary N) is 4. The van der Waals surface area contributed by atoms with Crippen LogP contribution in [0.5, 0.6) is 34.8 Å². The Labute approximate surface area is 667 Å². The van der Waals surface area contributed by atoms with Crippen LogP contribution in [0.4, 0.5) is 9.59 Å². The van der Waals surface area contributed by atoms with Gasteiger partial charge in [0, 0.05) is 73.1 Å².